The van der Waals surface area contributed by atoms with Gasteiger partial charge in [0.25, 0.3) is 10.2 Å². The molecule has 0 radical (unpaired) electrons. The van der Waals surface area contributed by atoms with Crippen LogP contribution in [-0.4, -0.2) is 33.8 Å². The van der Waals surface area contributed by atoms with Crippen LogP contribution in [0.1, 0.15) is 16.8 Å². The maximum absolute atomic E-state index is 11.9. The number of H-pyrrole nitrogens is 1. The van der Waals surface area contributed by atoms with E-state index in [4.69, 9.17) is 5.14 Å². The van der Waals surface area contributed by atoms with Crippen LogP contribution in [0, 0.1) is 0 Å². The Morgan fingerprint density at radius 3 is 2.96 bits per heavy atom. The molecule has 0 aromatic carbocycles. The number of pyridine rings is 1. The maximum Gasteiger partial charge on any atom is 0.277 e. The minimum atomic E-state index is -3.78. The van der Waals surface area contributed by atoms with Crippen LogP contribution < -0.4 is 10.5 Å². The van der Waals surface area contributed by atoms with Crippen molar-refractivity contribution in [2.75, 3.05) is 5.32 Å². The van der Waals surface area contributed by atoms with Gasteiger partial charge in [0.15, 0.2) is 5.82 Å². The van der Waals surface area contributed by atoms with Crippen LogP contribution in [0.4, 0.5) is 5.82 Å². The molecule has 0 aliphatic carbocycles. The smallest absolute Gasteiger partial charge is 0.277 e. The molecule has 0 bridgehead atoms. The fraction of sp³-hybridized carbons (Fsp3) is 0.154. The van der Waals surface area contributed by atoms with E-state index in [1.807, 2.05) is 6.07 Å². The van der Waals surface area contributed by atoms with Crippen LogP contribution in [0.5, 0.6) is 0 Å². The average Bonchev–Trinajstić information content (AvgIpc) is 3.08. The van der Waals surface area contributed by atoms with E-state index in [1.165, 1.54) is 6.08 Å². The van der Waals surface area contributed by atoms with E-state index < -0.39 is 10.2 Å². The first-order valence-corrected chi connectivity index (χ1v) is 8.17. The molecule has 1 amide bonds. The second kappa shape index (κ2) is 5.91. The zero-order valence-corrected chi connectivity index (χ0v) is 12.7. The van der Waals surface area contributed by atoms with Gasteiger partial charge in [0.05, 0.1) is 12.2 Å². The van der Waals surface area contributed by atoms with Crippen LogP contribution in [-0.2, 0) is 28.1 Å². The molecule has 0 fully saturated rings. The predicted molar refractivity (Wildman–Crippen MR) is 82.8 cm³/mol. The summed E-state index contributed by atoms with van der Waals surface area (Å²) in [5.74, 6) is -0.0794. The molecular weight excluding hydrogens is 320 g/mol. The summed E-state index contributed by atoms with van der Waals surface area (Å²) in [6.45, 7) is 0.190. The minimum absolute atomic E-state index is 0.0760. The second-order valence-corrected chi connectivity index (χ2v) is 6.50. The summed E-state index contributed by atoms with van der Waals surface area (Å²) < 4.78 is 23.8. The largest absolute Gasteiger partial charge is 0.305 e. The van der Waals surface area contributed by atoms with Crippen LogP contribution in [0.25, 0.3) is 6.08 Å². The van der Waals surface area contributed by atoms with Gasteiger partial charge in [0, 0.05) is 30.6 Å². The lowest BCUT2D eigenvalue weighted by atomic mass is 10.2. The van der Waals surface area contributed by atoms with Crippen molar-refractivity contribution < 1.29 is 13.2 Å². The number of rotatable bonds is 4. The highest BCUT2D eigenvalue weighted by Crippen LogP contribution is 2.27. The summed E-state index contributed by atoms with van der Waals surface area (Å²) >= 11 is 0. The van der Waals surface area contributed by atoms with E-state index in [0.29, 0.717) is 17.1 Å². The van der Waals surface area contributed by atoms with Crippen LogP contribution in [0.3, 0.4) is 0 Å². The number of fused-ring (bicyclic) bond motifs is 1. The predicted octanol–water partition coefficient (Wildman–Crippen LogP) is -0.0243. The van der Waals surface area contributed by atoms with Crippen molar-refractivity contribution in [2.24, 2.45) is 5.14 Å². The summed E-state index contributed by atoms with van der Waals surface area (Å²) in [5, 5.41) is 14.4. The number of aromatic amines is 1. The standard InChI is InChI=1S/C13H14N6O3S/c14-23(21,22)19-7-10-11(8-19)17-18-13(10)16-12(20)4-3-9-2-1-5-15-6-9/h1-6H,7-8H2,(H2,14,21,22)(H2,16,17,18,20). The van der Waals surface area contributed by atoms with E-state index in [0.717, 1.165) is 9.87 Å². The van der Waals surface area contributed by atoms with Gasteiger partial charge in [-0.2, -0.15) is 17.8 Å². The molecule has 0 atom stereocenters. The summed E-state index contributed by atoms with van der Waals surface area (Å²) in [4.78, 5) is 15.9. The number of hydrogen-bond acceptors (Lipinski definition) is 5. The number of hydrogen-bond donors (Lipinski definition) is 3. The number of nitrogens with zero attached hydrogens (tertiary/aromatic N) is 3. The Labute approximate surface area is 132 Å². The molecule has 2 aromatic rings. The fourth-order valence-electron chi connectivity index (χ4n) is 2.20. The van der Waals surface area contributed by atoms with Gasteiger partial charge in [-0.25, -0.2) is 5.14 Å². The molecule has 1 aliphatic rings. The molecule has 3 rings (SSSR count). The molecule has 1 aliphatic heterocycles. The van der Waals surface area contributed by atoms with Crippen LogP contribution >= 0.6 is 0 Å². The Kier molecular flexibility index (Phi) is 3.94. The Morgan fingerprint density at radius 2 is 2.26 bits per heavy atom. The van der Waals surface area contributed by atoms with Gasteiger partial charge in [0.1, 0.15) is 0 Å². The van der Waals surface area contributed by atoms with Crippen LogP contribution in [0.2, 0.25) is 0 Å². The zero-order chi connectivity index (χ0) is 16.4. The number of carbonyl (C=O) groups is 1. The van der Waals surface area contributed by atoms with Crippen molar-refractivity contribution in [3.8, 4) is 0 Å². The molecule has 120 valence electrons. The third-order valence-corrected chi connectivity index (χ3v) is 4.31. The van der Waals surface area contributed by atoms with Crippen molar-refractivity contribution in [3.05, 3.63) is 47.4 Å². The van der Waals surface area contributed by atoms with Gasteiger partial charge in [-0.15, -0.1) is 0 Å². The van der Waals surface area contributed by atoms with Gasteiger partial charge < -0.3 is 5.32 Å². The highest BCUT2D eigenvalue weighted by atomic mass is 32.2. The van der Waals surface area contributed by atoms with Crippen molar-refractivity contribution in [1.29, 1.82) is 0 Å². The number of carbonyl (C=O) groups excluding carboxylic acids is 1. The van der Waals surface area contributed by atoms with Crippen molar-refractivity contribution in [3.63, 3.8) is 0 Å². The molecule has 4 N–H and O–H groups in total. The number of aromatic nitrogens is 3. The summed E-state index contributed by atoms with van der Waals surface area (Å²) in [6.07, 6.45) is 6.23. The zero-order valence-electron chi connectivity index (χ0n) is 11.9. The number of anilines is 1. The average molecular weight is 334 g/mol. The minimum Gasteiger partial charge on any atom is -0.305 e. The molecule has 0 spiro atoms. The number of nitrogens with two attached hydrogens (primary N) is 1. The third kappa shape index (κ3) is 3.44. The third-order valence-electron chi connectivity index (χ3n) is 3.33. The lowest BCUT2D eigenvalue weighted by molar-refractivity contribution is -0.111. The molecule has 23 heavy (non-hydrogen) atoms. The SMILES string of the molecule is NS(=O)(=O)N1Cc2[nH]nc(NC(=O)C=Cc3cccnc3)c2C1. The van der Waals surface area contributed by atoms with E-state index >= 15 is 0 Å². The molecule has 10 heteroatoms. The number of nitrogens with one attached hydrogen (secondary N) is 2. The van der Waals surface area contributed by atoms with Gasteiger partial charge in [0.2, 0.25) is 5.91 Å². The highest BCUT2D eigenvalue weighted by Gasteiger charge is 2.31. The molecule has 3 heterocycles. The van der Waals surface area contributed by atoms with E-state index in [1.54, 1.807) is 24.5 Å². The highest BCUT2D eigenvalue weighted by molar-refractivity contribution is 7.86. The van der Waals surface area contributed by atoms with E-state index in [-0.39, 0.29) is 19.0 Å². The van der Waals surface area contributed by atoms with Gasteiger partial charge in [-0.1, -0.05) is 6.07 Å². The fourth-order valence-corrected chi connectivity index (χ4v) is 2.82. The normalized spacial score (nSPS) is 15.0. The summed E-state index contributed by atoms with van der Waals surface area (Å²) in [7, 11) is -3.78. The van der Waals surface area contributed by atoms with Crippen molar-refractivity contribution in [1.82, 2.24) is 19.5 Å². The van der Waals surface area contributed by atoms with Gasteiger partial charge >= 0.3 is 0 Å². The number of amides is 1. The second-order valence-electron chi connectivity index (χ2n) is 4.95. The Bertz CT molecular complexity index is 859. The van der Waals surface area contributed by atoms with Crippen LogP contribution in [0.15, 0.2) is 30.6 Å². The molecule has 0 saturated heterocycles. The first kappa shape index (κ1) is 15.3. The molecule has 0 saturated carbocycles. The Morgan fingerprint density at radius 1 is 1.43 bits per heavy atom. The lowest BCUT2D eigenvalue weighted by Gasteiger charge is -2.10. The Balaban J connectivity index is 1.69. The quantitative estimate of drug-likeness (QED) is 0.675. The van der Waals surface area contributed by atoms with Gasteiger partial charge in [-0.05, 0) is 17.7 Å². The summed E-state index contributed by atoms with van der Waals surface area (Å²) in [5.41, 5.74) is 2.02. The topological polar surface area (TPSA) is 134 Å². The monoisotopic (exact) mass is 334 g/mol. The Hall–Kier alpha value is -2.56. The molecule has 0 unspecified atom stereocenters. The van der Waals surface area contributed by atoms with E-state index in [9.17, 15) is 13.2 Å². The lowest BCUT2D eigenvalue weighted by Crippen LogP contribution is -2.32. The molecule has 9 nitrogen and oxygen atoms in total. The van der Waals surface area contributed by atoms with Crippen molar-refractivity contribution >= 4 is 28.0 Å². The molecule has 2 aromatic heterocycles. The molecular formula is C13H14N6O3S. The first-order valence-electron chi connectivity index (χ1n) is 6.66. The van der Waals surface area contributed by atoms with Crippen molar-refractivity contribution in [2.45, 2.75) is 13.1 Å². The van der Waals surface area contributed by atoms with Gasteiger partial charge in [-0.3, -0.25) is 14.9 Å². The van der Waals surface area contributed by atoms with E-state index in [2.05, 4.69) is 20.5 Å². The first-order chi connectivity index (χ1) is 10.9. The summed E-state index contributed by atoms with van der Waals surface area (Å²) in [6, 6.07) is 3.58. The maximum atomic E-state index is 11.9.